The van der Waals surface area contributed by atoms with Crippen molar-refractivity contribution in [2.45, 2.75) is 30.7 Å². The molecule has 1 aromatic heterocycles. The van der Waals surface area contributed by atoms with Gasteiger partial charge in [0, 0.05) is 36.1 Å². The SMILES string of the molecule is CSc1cccc(NC(=O)N2CCC[C@@H]2c2cccn2C)c1C. The number of nitrogens with zero attached hydrogens (tertiary/aromatic N) is 2. The highest BCUT2D eigenvalue weighted by Gasteiger charge is 2.31. The van der Waals surface area contributed by atoms with Crippen molar-refractivity contribution in [2.24, 2.45) is 7.05 Å². The third kappa shape index (κ3) is 3.11. The van der Waals surface area contributed by atoms with Gasteiger partial charge in [-0.25, -0.2) is 4.79 Å². The number of hydrogen-bond donors (Lipinski definition) is 1. The van der Waals surface area contributed by atoms with Gasteiger partial charge in [-0.3, -0.25) is 0 Å². The van der Waals surface area contributed by atoms with Crippen molar-refractivity contribution in [1.82, 2.24) is 9.47 Å². The zero-order chi connectivity index (χ0) is 16.4. The van der Waals surface area contributed by atoms with Gasteiger partial charge in [-0.2, -0.15) is 0 Å². The summed E-state index contributed by atoms with van der Waals surface area (Å²) in [7, 11) is 2.04. The number of anilines is 1. The summed E-state index contributed by atoms with van der Waals surface area (Å²) in [5, 5.41) is 3.10. The number of thioether (sulfide) groups is 1. The van der Waals surface area contributed by atoms with Crippen LogP contribution in [0, 0.1) is 6.92 Å². The van der Waals surface area contributed by atoms with Crippen molar-refractivity contribution in [3.8, 4) is 0 Å². The van der Waals surface area contributed by atoms with Gasteiger partial charge in [0.15, 0.2) is 0 Å². The van der Waals surface area contributed by atoms with Crippen LogP contribution in [0.1, 0.15) is 30.1 Å². The first-order valence-corrected chi connectivity index (χ1v) is 9.16. The van der Waals surface area contributed by atoms with Gasteiger partial charge in [0.05, 0.1) is 6.04 Å². The fourth-order valence-corrected chi connectivity index (χ4v) is 3.93. The number of carbonyl (C=O) groups excluding carboxylic acids is 1. The summed E-state index contributed by atoms with van der Waals surface area (Å²) in [6.45, 7) is 2.86. The van der Waals surface area contributed by atoms with E-state index >= 15 is 0 Å². The molecule has 0 spiro atoms. The maximum atomic E-state index is 12.8. The molecule has 2 aromatic rings. The van der Waals surface area contributed by atoms with Crippen LogP contribution in [0.5, 0.6) is 0 Å². The summed E-state index contributed by atoms with van der Waals surface area (Å²) >= 11 is 1.70. The lowest BCUT2D eigenvalue weighted by Gasteiger charge is -2.26. The molecule has 1 saturated heterocycles. The Balaban J connectivity index is 1.79. The predicted molar refractivity (Wildman–Crippen MR) is 96.1 cm³/mol. The molecule has 1 aliphatic rings. The summed E-state index contributed by atoms with van der Waals surface area (Å²) in [5.74, 6) is 0. The van der Waals surface area contributed by atoms with E-state index in [1.165, 1.54) is 10.6 Å². The lowest BCUT2D eigenvalue weighted by Crippen LogP contribution is -2.35. The van der Waals surface area contributed by atoms with Gasteiger partial charge < -0.3 is 14.8 Å². The molecule has 4 nitrogen and oxygen atoms in total. The fraction of sp³-hybridized carbons (Fsp3) is 0.389. The van der Waals surface area contributed by atoms with Crippen molar-refractivity contribution in [2.75, 3.05) is 18.1 Å². The Kier molecular flexibility index (Phi) is 4.66. The van der Waals surface area contributed by atoms with E-state index < -0.39 is 0 Å². The molecule has 3 rings (SSSR count). The Morgan fingerprint density at radius 1 is 1.30 bits per heavy atom. The predicted octanol–water partition coefficient (Wildman–Crippen LogP) is 4.42. The maximum Gasteiger partial charge on any atom is 0.322 e. The van der Waals surface area contributed by atoms with Gasteiger partial charge in [-0.05, 0) is 55.9 Å². The zero-order valence-electron chi connectivity index (χ0n) is 13.9. The normalized spacial score (nSPS) is 17.5. The molecular weight excluding hydrogens is 306 g/mol. The van der Waals surface area contributed by atoms with E-state index in [9.17, 15) is 4.79 Å². The minimum Gasteiger partial charge on any atom is -0.353 e. The minimum absolute atomic E-state index is 0.00458. The van der Waals surface area contributed by atoms with Crippen molar-refractivity contribution in [3.05, 3.63) is 47.8 Å². The highest BCUT2D eigenvalue weighted by atomic mass is 32.2. The van der Waals surface area contributed by atoms with Gasteiger partial charge in [-0.15, -0.1) is 11.8 Å². The van der Waals surface area contributed by atoms with Crippen LogP contribution in [-0.2, 0) is 7.05 Å². The van der Waals surface area contributed by atoms with Crippen LogP contribution in [0.2, 0.25) is 0 Å². The first kappa shape index (κ1) is 16.0. The lowest BCUT2D eigenvalue weighted by molar-refractivity contribution is 0.205. The second kappa shape index (κ2) is 6.71. The number of hydrogen-bond acceptors (Lipinski definition) is 2. The van der Waals surface area contributed by atoms with E-state index in [1.807, 2.05) is 36.3 Å². The largest absolute Gasteiger partial charge is 0.353 e. The summed E-state index contributed by atoms with van der Waals surface area (Å²) in [6.07, 6.45) is 6.16. The monoisotopic (exact) mass is 329 g/mol. The zero-order valence-corrected chi connectivity index (χ0v) is 14.7. The van der Waals surface area contributed by atoms with Crippen molar-refractivity contribution < 1.29 is 4.79 Å². The molecule has 2 amide bonds. The van der Waals surface area contributed by atoms with Crippen LogP contribution >= 0.6 is 11.8 Å². The molecule has 0 aliphatic carbocycles. The van der Waals surface area contributed by atoms with Gasteiger partial charge in [-0.1, -0.05) is 6.07 Å². The van der Waals surface area contributed by atoms with Crippen LogP contribution in [0.25, 0.3) is 0 Å². The number of carbonyl (C=O) groups is 1. The standard InChI is InChI=1S/C18H23N3OS/c1-13-14(7-4-10-17(13)23-3)19-18(22)21-12-6-9-16(21)15-8-5-11-20(15)2/h4-5,7-8,10-11,16H,6,9,12H2,1-3H3,(H,19,22)/t16-/m1/s1. The van der Waals surface area contributed by atoms with E-state index in [-0.39, 0.29) is 12.1 Å². The Hall–Kier alpha value is -1.88. The van der Waals surface area contributed by atoms with E-state index in [1.54, 1.807) is 11.8 Å². The summed E-state index contributed by atoms with van der Waals surface area (Å²) in [4.78, 5) is 15.9. The molecule has 5 heteroatoms. The molecule has 1 N–H and O–H groups in total. The first-order valence-electron chi connectivity index (χ1n) is 7.94. The van der Waals surface area contributed by atoms with E-state index in [0.29, 0.717) is 0 Å². The van der Waals surface area contributed by atoms with Gasteiger partial charge in [0.25, 0.3) is 0 Å². The first-order chi connectivity index (χ1) is 11.1. The van der Waals surface area contributed by atoms with Crippen LogP contribution in [0.4, 0.5) is 10.5 Å². The highest BCUT2D eigenvalue weighted by Crippen LogP contribution is 2.33. The van der Waals surface area contributed by atoms with Crippen molar-refractivity contribution in [3.63, 3.8) is 0 Å². The number of aryl methyl sites for hydroxylation is 1. The van der Waals surface area contributed by atoms with Crippen LogP contribution in [0.15, 0.2) is 41.4 Å². The maximum absolute atomic E-state index is 12.8. The molecule has 0 bridgehead atoms. The molecule has 0 unspecified atom stereocenters. The molecule has 1 aromatic carbocycles. The second-order valence-electron chi connectivity index (χ2n) is 5.96. The highest BCUT2D eigenvalue weighted by molar-refractivity contribution is 7.98. The second-order valence-corrected chi connectivity index (χ2v) is 6.81. The van der Waals surface area contributed by atoms with Crippen molar-refractivity contribution in [1.29, 1.82) is 0 Å². The number of amides is 2. The Morgan fingerprint density at radius 2 is 2.13 bits per heavy atom. The van der Waals surface area contributed by atoms with E-state index in [4.69, 9.17) is 0 Å². The number of urea groups is 1. The van der Waals surface area contributed by atoms with Crippen LogP contribution in [0.3, 0.4) is 0 Å². The third-order valence-corrected chi connectivity index (χ3v) is 5.47. The molecule has 1 aliphatic heterocycles. The number of benzene rings is 1. The molecule has 2 heterocycles. The summed E-state index contributed by atoms with van der Waals surface area (Å²) in [6, 6.07) is 10.4. The lowest BCUT2D eigenvalue weighted by atomic mass is 10.1. The minimum atomic E-state index is -0.00458. The topological polar surface area (TPSA) is 37.3 Å². The van der Waals surface area contributed by atoms with Gasteiger partial charge >= 0.3 is 6.03 Å². The van der Waals surface area contributed by atoms with Gasteiger partial charge in [0.2, 0.25) is 0 Å². The number of aromatic nitrogens is 1. The number of rotatable bonds is 3. The average molecular weight is 329 g/mol. The summed E-state index contributed by atoms with van der Waals surface area (Å²) < 4.78 is 2.11. The van der Waals surface area contributed by atoms with E-state index in [0.717, 1.165) is 30.6 Å². The molecule has 23 heavy (non-hydrogen) atoms. The Morgan fingerprint density at radius 3 is 2.83 bits per heavy atom. The van der Waals surface area contributed by atoms with E-state index in [2.05, 4.69) is 35.2 Å². The third-order valence-electron chi connectivity index (χ3n) is 4.58. The smallest absolute Gasteiger partial charge is 0.322 e. The Labute approximate surface area is 141 Å². The molecule has 1 fully saturated rings. The van der Waals surface area contributed by atoms with Crippen LogP contribution in [-0.4, -0.2) is 28.3 Å². The Bertz CT molecular complexity index is 710. The molecule has 0 saturated carbocycles. The number of nitrogens with one attached hydrogen (secondary N) is 1. The molecule has 1 atom stereocenters. The molecular formula is C18H23N3OS. The van der Waals surface area contributed by atoms with Crippen molar-refractivity contribution >= 4 is 23.5 Å². The average Bonchev–Trinajstić information content (AvgIpc) is 3.17. The quantitative estimate of drug-likeness (QED) is 0.846. The van der Waals surface area contributed by atoms with Gasteiger partial charge in [0.1, 0.15) is 0 Å². The fourth-order valence-electron chi connectivity index (χ4n) is 3.30. The molecule has 122 valence electrons. The van der Waals surface area contributed by atoms with Crippen LogP contribution < -0.4 is 5.32 Å². The summed E-state index contributed by atoms with van der Waals surface area (Å²) in [5.41, 5.74) is 3.23. The number of likely N-dealkylation sites (tertiary alicyclic amines) is 1. The molecule has 0 radical (unpaired) electrons.